The summed E-state index contributed by atoms with van der Waals surface area (Å²) in [5.41, 5.74) is 0.644. The molecule has 0 bridgehead atoms. The van der Waals surface area contributed by atoms with Gasteiger partial charge >= 0.3 is 6.03 Å². The van der Waals surface area contributed by atoms with Crippen LogP contribution in [0.4, 0.5) is 10.5 Å². The van der Waals surface area contributed by atoms with Gasteiger partial charge < -0.3 is 19.7 Å². The Labute approximate surface area is 149 Å². The van der Waals surface area contributed by atoms with Gasteiger partial charge in [-0.05, 0) is 18.1 Å². The topological polar surface area (TPSA) is 54.0 Å². The highest BCUT2D eigenvalue weighted by molar-refractivity contribution is 5.91. The smallest absolute Gasteiger partial charge is 0.322 e. The third kappa shape index (κ3) is 4.25. The van der Waals surface area contributed by atoms with Gasteiger partial charge in [-0.3, -0.25) is 4.90 Å². The minimum absolute atomic E-state index is 0.0978. The molecule has 0 spiro atoms. The molecule has 6 heteroatoms. The normalized spacial score (nSPS) is 23.9. The standard InChI is InChI=1S/C19H25N3O3/c1-3-10-25-18-7-5-4-6-16(18)20-19(23)22-13-15(2)17(14-22)21-8-11-24-12-9-21/h1,4-7,15,17H,8-14H2,2H3,(H,20,23). The fraction of sp³-hybridized carbons (Fsp3) is 0.526. The summed E-state index contributed by atoms with van der Waals surface area (Å²) in [5.74, 6) is 3.47. The maximum atomic E-state index is 12.7. The summed E-state index contributed by atoms with van der Waals surface area (Å²) in [7, 11) is 0. The fourth-order valence-corrected chi connectivity index (χ4v) is 3.51. The maximum absolute atomic E-state index is 12.7. The molecule has 0 saturated carbocycles. The number of morpholine rings is 1. The van der Waals surface area contributed by atoms with E-state index >= 15 is 0 Å². The van der Waals surface area contributed by atoms with Crippen LogP contribution >= 0.6 is 0 Å². The highest BCUT2D eigenvalue weighted by Crippen LogP contribution is 2.26. The van der Waals surface area contributed by atoms with E-state index in [0.29, 0.717) is 23.4 Å². The van der Waals surface area contributed by atoms with Crippen LogP contribution in [0.2, 0.25) is 0 Å². The number of rotatable bonds is 4. The van der Waals surface area contributed by atoms with E-state index in [2.05, 4.69) is 23.1 Å². The molecule has 0 aliphatic carbocycles. The molecule has 2 fully saturated rings. The van der Waals surface area contributed by atoms with E-state index in [9.17, 15) is 4.79 Å². The molecule has 0 radical (unpaired) electrons. The number of likely N-dealkylation sites (tertiary alicyclic amines) is 1. The molecule has 2 amide bonds. The Morgan fingerprint density at radius 3 is 2.88 bits per heavy atom. The maximum Gasteiger partial charge on any atom is 0.322 e. The molecular formula is C19H25N3O3. The van der Waals surface area contributed by atoms with Crippen molar-refractivity contribution in [1.29, 1.82) is 0 Å². The number of para-hydroxylation sites is 2. The summed E-state index contributed by atoms with van der Waals surface area (Å²) >= 11 is 0. The van der Waals surface area contributed by atoms with Crippen molar-refractivity contribution in [1.82, 2.24) is 9.80 Å². The Bertz CT molecular complexity index is 637. The Balaban J connectivity index is 1.61. The molecule has 2 heterocycles. The van der Waals surface area contributed by atoms with Crippen LogP contribution in [0.1, 0.15) is 6.92 Å². The quantitative estimate of drug-likeness (QED) is 0.848. The van der Waals surface area contributed by atoms with Crippen LogP contribution in [0.25, 0.3) is 0 Å². The lowest BCUT2D eigenvalue weighted by Crippen LogP contribution is -2.47. The number of carbonyl (C=O) groups is 1. The molecular weight excluding hydrogens is 318 g/mol. The molecule has 3 rings (SSSR count). The van der Waals surface area contributed by atoms with Gasteiger partial charge in [0.2, 0.25) is 0 Å². The number of hydrogen-bond acceptors (Lipinski definition) is 4. The van der Waals surface area contributed by atoms with Crippen molar-refractivity contribution in [3.05, 3.63) is 24.3 Å². The lowest BCUT2D eigenvalue weighted by Gasteiger charge is -2.33. The second-order valence-electron chi connectivity index (χ2n) is 6.52. The molecule has 2 aliphatic heterocycles. The molecule has 2 saturated heterocycles. The lowest BCUT2D eigenvalue weighted by molar-refractivity contribution is 0.0123. The molecule has 134 valence electrons. The Morgan fingerprint density at radius 2 is 2.12 bits per heavy atom. The van der Waals surface area contributed by atoms with Crippen LogP contribution in [0.5, 0.6) is 5.75 Å². The molecule has 2 atom stereocenters. The second kappa shape index (κ2) is 8.24. The average molecular weight is 343 g/mol. The summed E-state index contributed by atoms with van der Waals surface area (Å²) in [6.07, 6.45) is 5.24. The zero-order chi connectivity index (χ0) is 17.6. The third-order valence-electron chi connectivity index (χ3n) is 4.81. The van der Waals surface area contributed by atoms with Crippen molar-refractivity contribution in [3.8, 4) is 18.1 Å². The summed E-state index contributed by atoms with van der Waals surface area (Å²) in [4.78, 5) is 17.0. The zero-order valence-corrected chi connectivity index (χ0v) is 14.6. The van der Waals surface area contributed by atoms with Crippen molar-refractivity contribution in [3.63, 3.8) is 0 Å². The Kier molecular flexibility index (Phi) is 5.79. The Hall–Kier alpha value is -2.23. The SMILES string of the molecule is C#CCOc1ccccc1NC(=O)N1CC(C)C(N2CCOCC2)C1. The van der Waals surface area contributed by atoms with E-state index in [1.165, 1.54) is 0 Å². The summed E-state index contributed by atoms with van der Waals surface area (Å²) in [6.45, 7) is 7.29. The minimum atomic E-state index is -0.0978. The first-order valence-electron chi connectivity index (χ1n) is 8.72. The number of nitrogens with one attached hydrogen (secondary N) is 1. The third-order valence-corrected chi connectivity index (χ3v) is 4.81. The first kappa shape index (κ1) is 17.6. The van der Waals surface area contributed by atoms with Crippen LogP contribution in [-0.2, 0) is 4.74 Å². The molecule has 0 aromatic heterocycles. The van der Waals surface area contributed by atoms with Crippen molar-refractivity contribution in [2.45, 2.75) is 13.0 Å². The number of terminal acetylenes is 1. The molecule has 6 nitrogen and oxygen atoms in total. The molecule has 1 aromatic carbocycles. The summed E-state index contributed by atoms with van der Waals surface area (Å²) in [6, 6.07) is 7.63. The zero-order valence-electron chi connectivity index (χ0n) is 14.6. The number of nitrogens with zero attached hydrogens (tertiary/aromatic N) is 2. The predicted molar refractivity (Wildman–Crippen MR) is 96.7 cm³/mol. The molecule has 25 heavy (non-hydrogen) atoms. The summed E-state index contributed by atoms with van der Waals surface area (Å²) < 4.78 is 10.9. The van der Waals surface area contributed by atoms with E-state index in [1.807, 2.05) is 23.1 Å². The molecule has 2 aliphatic rings. The summed E-state index contributed by atoms with van der Waals surface area (Å²) in [5, 5.41) is 2.96. The highest BCUT2D eigenvalue weighted by Gasteiger charge is 2.36. The van der Waals surface area contributed by atoms with E-state index < -0.39 is 0 Å². The monoisotopic (exact) mass is 343 g/mol. The molecule has 1 aromatic rings. The fourth-order valence-electron chi connectivity index (χ4n) is 3.51. The number of anilines is 1. The predicted octanol–water partition coefficient (Wildman–Crippen LogP) is 1.88. The number of amides is 2. The minimum Gasteiger partial charge on any atom is -0.479 e. The van der Waals surface area contributed by atoms with Gasteiger partial charge in [-0.15, -0.1) is 6.42 Å². The number of hydrogen-bond donors (Lipinski definition) is 1. The van der Waals surface area contributed by atoms with Gasteiger partial charge in [0.25, 0.3) is 0 Å². The number of carbonyl (C=O) groups excluding carboxylic acids is 1. The van der Waals surface area contributed by atoms with Crippen LogP contribution in [-0.4, -0.2) is 67.9 Å². The largest absolute Gasteiger partial charge is 0.479 e. The van der Waals surface area contributed by atoms with Gasteiger partial charge in [0.1, 0.15) is 12.4 Å². The van der Waals surface area contributed by atoms with E-state index in [0.717, 1.165) is 39.4 Å². The van der Waals surface area contributed by atoms with Crippen molar-refractivity contribution in [2.75, 3.05) is 51.3 Å². The van der Waals surface area contributed by atoms with Crippen LogP contribution in [0.15, 0.2) is 24.3 Å². The van der Waals surface area contributed by atoms with Crippen molar-refractivity contribution < 1.29 is 14.3 Å². The number of ether oxygens (including phenoxy) is 2. The lowest BCUT2D eigenvalue weighted by atomic mass is 10.0. The van der Waals surface area contributed by atoms with Crippen LogP contribution < -0.4 is 10.1 Å². The first-order valence-corrected chi connectivity index (χ1v) is 8.72. The van der Waals surface area contributed by atoms with Gasteiger partial charge in [0.15, 0.2) is 0 Å². The molecule has 1 N–H and O–H groups in total. The first-order chi connectivity index (χ1) is 12.2. The number of urea groups is 1. The van der Waals surface area contributed by atoms with E-state index in [-0.39, 0.29) is 12.6 Å². The van der Waals surface area contributed by atoms with Gasteiger partial charge in [0.05, 0.1) is 18.9 Å². The van der Waals surface area contributed by atoms with Crippen LogP contribution in [0, 0.1) is 18.3 Å². The Morgan fingerprint density at radius 1 is 1.36 bits per heavy atom. The van der Waals surface area contributed by atoms with Crippen molar-refractivity contribution >= 4 is 11.7 Å². The second-order valence-corrected chi connectivity index (χ2v) is 6.52. The highest BCUT2D eigenvalue weighted by atomic mass is 16.5. The van der Waals surface area contributed by atoms with Crippen molar-refractivity contribution in [2.24, 2.45) is 5.92 Å². The van der Waals surface area contributed by atoms with Gasteiger partial charge in [-0.25, -0.2) is 4.79 Å². The number of benzene rings is 1. The van der Waals surface area contributed by atoms with Gasteiger partial charge in [-0.1, -0.05) is 25.0 Å². The van der Waals surface area contributed by atoms with Gasteiger partial charge in [0, 0.05) is 32.2 Å². The molecule has 2 unspecified atom stereocenters. The van der Waals surface area contributed by atoms with Gasteiger partial charge in [-0.2, -0.15) is 0 Å². The van der Waals surface area contributed by atoms with Crippen LogP contribution in [0.3, 0.4) is 0 Å². The van der Waals surface area contributed by atoms with E-state index in [1.54, 1.807) is 6.07 Å². The average Bonchev–Trinajstić information content (AvgIpc) is 3.03. The van der Waals surface area contributed by atoms with E-state index in [4.69, 9.17) is 15.9 Å².